The lowest BCUT2D eigenvalue weighted by Gasteiger charge is -2.34. The summed E-state index contributed by atoms with van der Waals surface area (Å²) in [6.07, 6.45) is 15.5. The van der Waals surface area contributed by atoms with Crippen LogP contribution in [0.3, 0.4) is 0 Å². The zero-order valence-electron chi connectivity index (χ0n) is 29.7. The molecule has 8 heteroatoms. The molecule has 1 fully saturated rings. The fourth-order valence-corrected chi connectivity index (χ4v) is 6.95. The van der Waals surface area contributed by atoms with Gasteiger partial charge in [0.15, 0.2) is 5.78 Å². The van der Waals surface area contributed by atoms with Crippen LogP contribution in [0.1, 0.15) is 125 Å². The molecule has 2 aliphatic carbocycles. The minimum absolute atomic E-state index is 0.0878. The number of esters is 1. The van der Waals surface area contributed by atoms with Crippen molar-refractivity contribution in [1.82, 2.24) is 10.6 Å². The lowest BCUT2D eigenvalue weighted by Crippen LogP contribution is -2.32. The predicted octanol–water partition coefficient (Wildman–Crippen LogP) is 6.36. The maximum atomic E-state index is 13.7. The van der Waals surface area contributed by atoms with Crippen LogP contribution in [0.15, 0.2) is 34.9 Å². The Morgan fingerprint density at radius 3 is 2.35 bits per heavy atom. The van der Waals surface area contributed by atoms with Gasteiger partial charge in [-0.25, -0.2) is 0 Å². The first-order valence-electron chi connectivity index (χ1n) is 17.9. The summed E-state index contributed by atoms with van der Waals surface area (Å²) in [6, 6.07) is 0. The molecular formula is C38H64N2O6. The van der Waals surface area contributed by atoms with Crippen LogP contribution in [0.25, 0.3) is 0 Å². The number of allylic oxidation sites excluding steroid dienone is 5. The van der Waals surface area contributed by atoms with Crippen molar-refractivity contribution in [2.75, 3.05) is 26.7 Å². The summed E-state index contributed by atoms with van der Waals surface area (Å²) in [5.74, 6) is -1.04. The standard InChI is InChI=1S/C38H64N2O6/c1-27-14-13-15-28(2)22-23-38(5)31(20-19-29(3)32(41)21-18-27)35(36(44)37(38)45)30(4)26-46-34(43)17-10-8-12-25-40-33(42)16-9-7-11-24-39-6/h14,19,22,30-32,35-36,39,41,44H,7-13,15-18,20-21,23-26H2,1-6H3,(H,40,42)/b27-14-,28-22+,29-19+. The van der Waals surface area contributed by atoms with E-state index in [0.717, 1.165) is 63.5 Å². The topological polar surface area (TPSA) is 125 Å². The molecule has 262 valence electrons. The maximum absolute atomic E-state index is 13.7. The molecule has 6 unspecified atom stereocenters. The highest BCUT2D eigenvalue weighted by Crippen LogP contribution is 2.52. The Bertz CT molecular complexity index is 1070. The number of fused-ring (bicyclic) bond motifs is 1. The van der Waals surface area contributed by atoms with Crippen LogP contribution in [0.4, 0.5) is 0 Å². The highest BCUT2D eigenvalue weighted by Gasteiger charge is 2.57. The zero-order chi connectivity index (χ0) is 34.1. The lowest BCUT2D eigenvalue weighted by atomic mass is 9.69. The number of hydrogen-bond donors (Lipinski definition) is 4. The Morgan fingerprint density at radius 1 is 0.957 bits per heavy atom. The summed E-state index contributed by atoms with van der Waals surface area (Å²) in [7, 11) is 1.93. The molecule has 0 aromatic heterocycles. The van der Waals surface area contributed by atoms with Gasteiger partial charge in [-0.1, -0.05) is 56.1 Å². The predicted molar refractivity (Wildman–Crippen MR) is 185 cm³/mol. The van der Waals surface area contributed by atoms with Crippen LogP contribution in [0.5, 0.6) is 0 Å². The summed E-state index contributed by atoms with van der Waals surface area (Å²) in [6.45, 7) is 11.8. The van der Waals surface area contributed by atoms with Crippen molar-refractivity contribution in [3.05, 3.63) is 34.9 Å². The van der Waals surface area contributed by atoms with Gasteiger partial charge in [-0.15, -0.1) is 0 Å². The van der Waals surface area contributed by atoms with Gasteiger partial charge in [0.05, 0.1) is 12.7 Å². The lowest BCUT2D eigenvalue weighted by molar-refractivity contribution is -0.146. The fourth-order valence-electron chi connectivity index (χ4n) is 6.95. The first-order valence-corrected chi connectivity index (χ1v) is 17.9. The summed E-state index contributed by atoms with van der Waals surface area (Å²) in [5, 5.41) is 28.2. The second-order valence-electron chi connectivity index (χ2n) is 14.2. The van der Waals surface area contributed by atoms with Gasteiger partial charge in [0, 0.05) is 30.7 Å². The van der Waals surface area contributed by atoms with E-state index in [2.05, 4.69) is 36.6 Å². The van der Waals surface area contributed by atoms with Crippen LogP contribution in [-0.4, -0.2) is 66.8 Å². The van der Waals surface area contributed by atoms with Gasteiger partial charge in [0.25, 0.3) is 0 Å². The monoisotopic (exact) mass is 644 g/mol. The average molecular weight is 645 g/mol. The summed E-state index contributed by atoms with van der Waals surface area (Å²) >= 11 is 0. The van der Waals surface area contributed by atoms with Crippen molar-refractivity contribution in [3.8, 4) is 0 Å². The number of ketones is 1. The third-order valence-electron chi connectivity index (χ3n) is 10.3. The number of ether oxygens (including phenoxy) is 1. The van der Waals surface area contributed by atoms with Crippen molar-refractivity contribution in [3.63, 3.8) is 0 Å². The molecule has 2 rings (SSSR count). The molecule has 46 heavy (non-hydrogen) atoms. The van der Waals surface area contributed by atoms with Crippen LogP contribution in [0, 0.1) is 23.2 Å². The summed E-state index contributed by atoms with van der Waals surface area (Å²) in [5.41, 5.74) is 2.66. The Hall–Kier alpha value is -2.29. The highest BCUT2D eigenvalue weighted by atomic mass is 16.5. The summed E-state index contributed by atoms with van der Waals surface area (Å²) in [4.78, 5) is 38.2. The molecule has 4 N–H and O–H groups in total. The number of aliphatic hydroxyl groups is 2. The number of amides is 1. The third-order valence-corrected chi connectivity index (χ3v) is 10.3. The van der Waals surface area contributed by atoms with E-state index < -0.39 is 17.6 Å². The van der Waals surface area contributed by atoms with Gasteiger partial charge in [-0.05, 0) is 116 Å². The number of nitrogens with one attached hydrogen (secondary N) is 2. The van der Waals surface area contributed by atoms with E-state index in [1.165, 1.54) is 11.1 Å². The van der Waals surface area contributed by atoms with E-state index >= 15 is 0 Å². The molecule has 2 aliphatic rings. The van der Waals surface area contributed by atoms with Crippen LogP contribution >= 0.6 is 0 Å². The number of carbonyl (C=O) groups is 3. The molecule has 8 nitrogen and oxygen atoms in total. The molecule has 0 saturated heterocycles. The van der Waals surface area contributed by atoms with Crippen LogP contribution in [0.2, 0.25) is 0 Å². The molecule has 0 heterocycles. The molecule has 0 bridgehead atoms. The van der Waals surface area contributed by atoms with E-state index in [1.54, 1.807) is 0 Å². The van der Waals surface area contributed by atoms with E-state index in [-0.39, 0.29) is 42.0 Å². The molecule has 0 radical (unpaired) electrons. The SMILES string of the molecule is CNCCCCCC(=O)NCCCCCC(=O)OCC(C)C1C(O)C(=O)C2(C)C/C=C(\C)CC/C=C(/C)CCC(O)/C(C)=C/CC12. The Kier molecular flexibility index (Phi) is 18.1. The highest BCUT2D eigenvalue weighted by molar-refractivity contribution is 5.91. The quantitative estimate of drug-likeness (QED) is 0.0929. The smallest absolute Gasteiger partial charge is 0.305 e. The number of carbonyl (C=O) groups excluding carboxylic acids is 3. The van der Waals surface area contributed by atoms with Gasteiger partial charge in [0.1, 0.15) is 6.10 Å². The minimum Gasteiger partial charge on any atom is -0.465 e. The first kappa shape index (κ1) is 39.9. The largest absolute Gasteiger partial charge is 0.465 e. The van der Waals surface area contributed by atoms with Crippen LogP contribution in [-0.2, 0) is 19.1 Å². The first-order chi connectivity index (χ1) is 21.9. The second kappa shape index (κ2) is 20.8. The normalized spacial score (nSPS) is 30.3. The van der Waals surface area contributed by atoms with Gasteiger partial charge in [-0.2, -0.15) is 0 Å². The van der Waals surface area contributed by atoms with E-state index in [9.17, 15) is 24.6 Å². The average Bonchev–Trinajstić information content (AvgIpc) is 3.21. The van der Waals surface area contributed by atoms with Crippen molar-refractivity contribution in [2.24, 2.45) is 23.2 Å². The summed E-state index contributed by atoms with van der Waals surface area (Å²) < 4.78 is 5.67. The molecular weight excluding hydrogens is 580 g/mol. The van der Waals surface area contributed by atoms with Crippen molar-refractivity contribution in [1.29, 1.82) is 0 Å². The van der Waals surface area contributed by atoms with E-state index in [4.69, 9.17) is 4.74 Å². The minimum atomic E-state index is -1.12. The van der Waals surface area contributed by atoms with E-state index in [0.29, 0.717) is 45.1 Å². The van der Waals surface area contributed by atoms with Crippen molar-refractivity contribution >= 4 is 17.7 Å². The van der Waals surface area contributed by atoms with E-state index in [1.807, 2.05) is 33.9 Å². The molecule has 1 amide bonds. The second-order valence-corrected chi connectivity index (χ2v) is 14.2. The Morgan fingerprint density at radius 2 is 1.63 bits per heavy atom. The molecule has 6 atom stereocenters. The number of aliphatic hydroxyl groups excluding tert-OH is 2. The number of rotatable bonds is 15. The van der Waals surface area contributed by atoms with Gasteiger partial charge < -0.3 is 25.6 Å². The number of unbranched alkanes of at least 4 members (excludes halogenated alkanes) is 4. The van der Waals surface area contributed by atoms with Crippen molar-refractivity contribution < 1.29 is 29.3 Å². The number of Topliss-reactive ketones (excluding diaryl/α,β-unsaturated/α-hetero) is 1. The Balaban J connectivity index is 1.93. The van der Waals surface area contributed by atoms with Crippen LogP contribution < -0.4 is 10.6 Å². The molecule has 0 aromatic carbocycles. The third kappa shape index (κ3) is 13.1. The Labute approximate surface area is 278 Å². The van der Waals surface area contributed by atoms with Crippen molar-refractivity contribution in [2.45, 2.75) is 137 Å². The molecule has 0 aromatic rings. The molecule has 0 aliphatic heterocycles. The molecule has 1 saturated carbocycles. The fraction of sp³-hybridized carbons (Fsp3) is 0.763. The van der Waals surface area contributed by atoms with Gasteiger partial charge in [0.2, 0.25) is 5.91 Å². The zero-order valence-corrected chi connectivity index (χ0v) is 29.7. The maximum Gasteiger partial charge on any atom is 0.305 e. The van der Waals surface area contributed by atoms with Gasteiger partial charge in [-0.3, -0.25) is 14.4 Å². The molecule has 0 spiro atoms. The number of hydrogen-bond acceptors (Lipinski definition) is 7. The van der Waals surface area contributed by atoms with Gasteiger partial charge >= 0.3 is 5.97 Å².